The highest BCUT2D eigenvalue weighted by Gasteiger charge is 1.98. The highest BCUT2D eigenvalue weighted by molar-refractivity contribution is 5.91. The van der Waals surface area contributed by atoms with Crippen LogP contribution < -0.4 is 10.1 Å². The molecule has 0 radical (unpaired) electrons. The number of carbonyl (C=O) groups is 1. The van der Waals surface area contributed by atoms with E-state index < -0.39 is 0 Å². The molecule has 0 aromatic heterocycles. The van der Waals surface area contributed by atoms with Crippen LogP contribution in [-0.4, -0.2) is 25.7 Å². The second-order valence-corrected chi connectivity index (χ2v) is 6.29. The van der Waals surface area contributed by atoms with Crippen LogP contribution in [0.2, 0.25) is 0 Å². The minimum Gasteiger partial charge on any atom is -0.489 e. The largest absolute Gasteiger partial charge is 0.489 e. The predicted molar refractivity (Wildman–Crippen MR) is 110 cm³/mol. The van der Waals surface area contributed by atoms with Crippen molar-refractivity contribution in [3.63, 3.8) is 0 Å². The summed E-state index contributed by atoms with van der Waals surface area (Å²) < 4.78 is 11.2. The van der Waals surface area contributed by atoms with E-state index in [4.69, 9.17) is 9.47 Å². The molecule has 0 unspecified atom stereocenters. The summed E-state index contributed by atoms with van der Waals surface area (Å²) in [4.78, 5) is 11.8. The zero-order valence-corrected chi connectivity index (χ0v) is 16.0. The molecule has 2 aromatic carbocycles. The Morgan fingerprint density at radius 2 is 1.74 bits per heavy atom. The molecule has 2 aromatic rings. The van der Waals surface area contributed by atoms with Crippen molar-refractivity contribution in [1.82, 2.24) is 5.32 Å². The third-order valence-corrected chi connectivity index (χ3v) is 3.96. The van der Waals surface area contributed by atoms with Gasteiger partial charge in [0.05, 0.1) is 0 Å². The monoisotopic (exact) mass is 367 g/mol. The molecule has 0 aliphatic carbocycles. The summed E-state index contributed by atoms with van der Waals surface area (Å²) in [6.07, 6.45) is 6.41. The Bertz CT molecular complexity index is 681. The van der Waals surface area contributed by atoms with Crippen LogP contribution in [0.4, 0.5) is 0 Å². The van der Waals surface area contributed by atoms with Gasteiger partial charge in [-0.3, -0.25) is 4.79 Å². The lowest BCUT2D eigenvalue weighted by atomic mass is 10.2. The van der Waals surface area contributed by atoms with Crippen molar-refractivity contribution in [3.05, 3.63) is 71.8 Å². The summed E-state index contributed by atoms with van der Waals surface area (Å²) in [6.45, 7) is 4.80. The normalized spacial score (nSPS) is 10.9. The molecule has 4 heteroatoms. The molecule has 0 saturated carbocycles. The van der Waals surface area contributed by atoms with E-state index in [1.165, 1.54) is 0 Å². The fourth-order valence-corrected chi connectivity index (χ4v) is 2.38. The Hall–Kier alpha value is -2.59. The van der Waals surface area contributed by atoms with E-state index in [-0.39, 0.29) is 5.91 Å². The minimum absolute atomic E-state index is 0.0898. The van der Waals surface area contributed by atoms with E-state index in [1.807, 2.05) is 54.6 Å². The van der Waals surface area contributed by atoms with Gasteiger partial charge in [-0.2, -0.15) is 0 Å². The lowest BCUT2D eigenvalue weighted by Crippen LogP contribution is -2.23. The molecule has 1 N–H and O–H groups in total. The van der Waals surface area contributed by atoms with Crippen molar-refractivity contribution < 1.29 is 14.3 Å². The molecule has 144 valence electrons. The van der Waals surface area contributed by atoms with Crippen LogP contribution in [-0.2, 0) is 16.1 Å². The van der Waals surface area contributed by atoms with Crippen LogP contribution in [0.25, 0.3) is 6.08 Å². The van der Waals surface area contributed by atoms with E-state index in [2.05, 4.69) is 12.2 Å². The third kappa shape index (κ3) is 9.06. The van der Waals surface area contributed by atoms with Gasteiger partial charge in [-0.25, -0.2) is 0 Å². The van der Waals surface area contributed by atoms with Crippen molar-refractivity contribution >= 4 is 12.0 Å². The first kappa shape index (κ1) is 20.7. The van der Waals surface area contributed by atoms with Crippen molar-refractivity contribution in [2.45, 2.75) is 32.8 Å². The lowest BCUT2D eigenvalue weighted by Gasteiger charge is -2.06. The first-order valence-electron chi connectivity index (χ1n) is 9.58. The summed E-state index contributed by atoms with van der Waals surface area (Å²) in [6, 6.07) is 17.7. The summed E-state index contributed by atoms with van der Waals surface area (Å²) in [5.74, 6) is 0.719. The molecule has 4 nitrogen and oxygen atoms in total. The van der Waals surface area contributed by atoms with Crippen LogP contribution >= 0.6 is 0 Å². The number of unbranched alkanes of at least 4 members (excludes halogenated alkanes) is 1. The lowest BCUT2D eigenvalue weighted by molar-refractivity contribution is -0.116. The Kier molecular flexibility index (Phi) is 9.76. The molecule has 0 saturated heterocycles. The molecule has 0 aliphatic rings. The summed E-state index contributed by atoms with van der Waals surface area (Å²) in [5, 5.41) is 2.86. The Morgan fingerprint density at radius 3 is 2.48 bits per heavy atom. The molecular weight excluding hydrogens is 338 g/mol. The van der Waals surface area contributed by atoms with Crippen LogP contribution in [0.3, 0.4) is 0 Å². The highest BCUT2D eigenvalue weighted by Crippen LogP contribution is 2.15. The zero-order chi connectivity index (χ0) is 19.2. The van der Waals surface area contributed by atoms with Crippen molar-refractivity contribution in [3.8, 4) is 5.75 Å². The summed E-state index contributed by atoms with van der Waals surface area (Å²) in [7, 11) is 0. The Balaban J connectivity index is 1.65. The van der Waals surface area contributed by atoms with Crippen molar-refractivity contribution in [2.75, 3.05) is 19.8 Å². The second kappa shape index (κ2) is 12.7. The molecule has 0 spiro atoms. The topological polar surface area (TPSA) is 47.6 Å². The maximum absolute atomic E-state index is 11.8. The summed E-state index contributed by atoms with van der Waals surface area (Å²) in [5.41, 5.74) is 2.09. The van der Waals surface area contributed by atoms with Gasteiger partial charge >= 0.3 is 0 Å². The SMILES string of the molecule is CCCCOCCCNC(=O)/C=C/c1ccc(OCc2ccccc2)cc1. The van der Waals surface area contributed by atoms with Crippen molar-refractivity contribution in [2.24, 2.45) is 0 Å². The molecule has 0 bridgehead atoms. The van der Waals surface area contributed by atoms with Gasteiger partial charge in [-0.15, -0.1) is 0 Å². The smallest absolute Gasteiger partial charge is 0.244 e. The van der Waals surface area contributed by atoms with Gasteiger partial charge < -0.3 is 14.8 Å². The fourth-order valence-electron chi connectivity index (χ4n) is 2.38. The summed E-state index contributed by atoms with van der Waals surface area (Å²) >= 11 is 0. The number of rotatable bonds is 12. The Labute approximate surface area is 162 Å². The van der Waals surface area contributed by atoms with Gasteiger partial charge in [0, 0.05) is 25.8 Å². The van der Waals surface area contributed by atoms with Crippen molar-refractivity contribution in [1.29, 1.82) is 0 Å². The predicted octanol–water partition coefficient (Wildman–Crippen LogP) is 4.60. The van der Waals surface area contributed by atoms with E-state index in [0.29, 0.717) is 19.8 Å². The van der Waals surface area contributed by atoms with E-state index in [0.717, 1.165) is 42.7 Å². The van der Waals surface area contributed by atoms with E-state index in [9.17, 15) is 4.79 Å². The second-order valence-electron chi connectivity index (χ2n) is 6.29. The molecule has 1 amide bonds. The number of amides is 1. The van der Waals surface area contributed by atoms with Crippen LogP contribution in [0.5, 0.6) is 5.75 Å². The average molecular weight is 367 g/mol. The quantitative estimate of drug-likeness (QED) is 0.440. The molecular formula is C23H29NO3. The maximum atomic E-state index is 11.8. The highest BCUT2D eigenvalue weighted by atomic mass is 16.5. The van der Waals surface area contributed by atoms with Crippen LogP contribution in [0, 0.1) is 0 Å². The molecule has 0 heterocycles. The number of benzene rings is 2. The average Bonchev–Trinajstić information content (AvgIpc) is 2.71. The molecule has 27 heavy (non-hydrogen) atoms. The van der Waals surface area contributed by atoms with Crippen LogP contribution in [0.15, 0.2) is 60.7 Å². The number of hydrogen-bond acceptors (Lipinski definition) is 3. The van der Waals surface area contributed by atoms with E-state index >= 15 is 0 Å². The molecule has 0 aliphatic heterocycles. The minimum atomic E-state index is -0.0898. The number of hydrogen-bond donors (Lipinski definition) is 1. The van der Waals surface area contributed by atoms with Crippen LogP contribution in [0.1, 0.15) is 37.3 Å². The first-order valence-corrected chi connectivity index (χ1v) is 9.58. The third-order valence-electron chi connectivity index (χ3n) is 3.96. The molecule has 2 rings (SSSR count). The zero-order valence-electron chi connectivity index (χ0n) is 16.0. The first-order chi connectivity index (χ1) is 13.3. The van der Waals surface area contributed by atoms with Gasteiger partial charge in [-0.1, -0.05) is 55.8 Å². The van der Waals surface area contributed by atoms with Gasteiger partial charge in [0.1, 0.15) is 12.4 Å². The van der Waals surface area contributed by atoms with Gasteiger partial charge in [0.15, 0.2) is 0 Å². The fraction of sp³-hybridized carbons (Fsp3) is 0.348. The standard InChI is InChI=1S/C23H29NO3/c1-2-3-17-26-18-7-16-24-23(25)15-12-20-10-13-22(14-11-20)27-19-21-8-5-4-6-9-21/h4-6,8-15H,2-3,7,16-19H2,1H3,(H,24,25)/b15-12+. The van der Waals surface area contributed by atoms with Gasteiger partial charge in [0.2, 0.25) is 5.91 Å². The van der Waals surface area contributed by atoms with Gasteiger partial charge in [-0.05, 0) is 42.2 Å². The molecule has 0 fully saturated rings. The number of ether oxygens (including phenoxy) is 2. The Morgan fingerprint density at radius 1 is 1.00 bits per heavy atom. The maximum Gasteiger partial charge on any atom is 0.244 e. The van der Waals surface area contributed by atoms with E-state index in [1.54, 1.807) is 12.2 Å². The molecule has 0 atom stereocenters. The van der Waals surface area contributed by atoms with Gasteiger partial charge in [0.25, 0.3) is 0 Å². The number of nitrogens with one attached hydrogen (secondary N) is 1. The number of carbonyl (C=O) groups excluding carboxylic acids is 1.